The van der Waals surface area contributed by atoms with Crippen molar-refractivity contribution in [1.82, 2.24) is 10.2 Å². The van der Waals surface area contributed by atoms with Gasteiger partial charge in [-0.1, -0.05) is 35.2 Å². The van der Waals surface area contributed by atoms with Gasteiger partial charge in [0.1, 0.15) is 0 Å². The molecule has 2 amide bonds. The van der Waals surface area contributed by atoms with Gasteiger partial charge in [0, 0.05) is 30.0 Å². The van der Waals surface area contributed by atoms with Gasteiger partial charge in [0.25, 0.3) is 5.91 Å². The van der Waals surface area contributed by atoms with Gasteiger partial charge in [0.2, 0.25) is 11.0 Å². The summed E-state index contributed by atoms with van der Waals surface area (Å²) in [4.78, 5) is 25.9. The summed E-state index contributed by atoms with van der Waals surface area (Å²) >= 11 is 2.84. The normalized spacial score (nSPS) is 14.0. The Morgan fingerprint density at radius 2 is 2.33 bits per heavy atom. The second-order valence-electron chi connectivity index (χ2n) is 5.13. The third-order valence-corrected chi connectivity index (χ3v) is 5.41. The van der Waals surface area contributed by atoms with E-state index < -0.39 is 0 Å². The Labute approximate surface area is 148 Å². The van der Waals surface area contributed by atoms with Crippen LogP contribution in [0.2, 0.25) is 0 Å². The zero-order chi connectivity index (χ0) is 16.9. The fraction of sp³-hybridized carbons (Fsp3) is 0.250. The third kappa shape index (κ3) is 3.82. The Morgan fingerprint density at radius 1 is 1.46 bits per heavy atom. The highest BCUT2D eigenvalue weighted by Crippen LogP contribution is 2.26. The van der Waals surface area contributed by atoms with E-state index in [-0.39, 0.29) is 11.8 Å². The highest BCUT2D eigenvalue weighted by molar-refractivity contribution is 8.01. The maximum absolute atomic E-state index is 12.4. The van der Waals surface area contributed by atoms with E-state index in [4.69, 9.17) is 0 Å². The summed E-state index contributed by atoms with van der Waals surface area (Å²) in [5.41, 5.74) is 1.24. The van der Waals surface area contributed by atoms with Crippen LogP contribution < -0.4 is 10.2 Å². The van der Waals surface area contributed by atoms with Crippen molar-refractivity contribution in [3.8, 4) is 0 Å². The molecule has 1 aromatic heterocycles. The first-order valence-electron chi connectivity index (χ1n) is 7.46. The van der Waals surface area contributed by atoms with Gasteiger partial charge in [-0.2, -0.15) is 0 Å². The van der Waals surface area contributed by atoms with Crippen molar-refractivity contribution in [2.45, 2.75) is 17.2 Å². The molecule has 0 bridgehead atoms. The topological polar surface area (TPSA) is 75.2 Å². The molecule has 1 aromatic carbocycles. The highest BCUT2D eigenvalue weighted by atomic mass is 32.2. The highest BCUT2D eigenvalue weighted by Gasteiger charge is 2.22. The average Bonchev–Trinajstić information content (AvgIpc) is 3.22. The van der Waals surface area contributed by atoms with Crippen molar-refractivity contribution in [3.63, 3.8) is 0 Å². The number of carbonyl (C=O) groups is 2. The number of thioether (sulfide) groups is 1. The Bertz CT molecular complexity index is 775. The lowest BCUT2D eigenvalue weighted by Crippen LogP contribution is -2.24. The van der Waals surface area contributed by atoms with Crippen LogP contribution in [-0.4, -0.2) is 34.3 Å². The number of carbonyl (C=O) groups excluding carboxylic acids is 2. The molecule has 0 aliphatic carbocycles. The molecule has 0 atom stereocenters. The summed E-state index contributed by atoms with van der Waals surface area (Å²) in [5.74, 6) is 0.578. The molecule has 1 aliphatic rings. The lowest BCUT2D eigenvalue weighted by Gasteiger charge is -2.16. The molecular weight excluding hydrogens is 344 g/mol. The standard InChI is InChI=1S/C16H16N4O2S2/c1-2-9-23-16-19-18-15(24-16)17-14(22)11-5-3-6-12(10-11)20-8-4-7-13(20)21/h2-3,5-6,10H,1,4,7-9H2,(H,17,18,22). The Balaban J connectivity index is 1.69. The second kappa shape index (κ2) is 7.59. The number of anilines is 2. The largest absolute Gasteiger partial charge is 0.312 e. The number of amides is 2. The quantitative estimate of drug-likeness (QED) is 0.486. The molecule has 124 valence electrons. The van der Waals surface area contributed by atoms with Crippen molar-refractivity contribution in [2.75, 3.05) is 22.5 Å². The molecule has 24 heavy (non-hydrogen) atoms. The molecule has 0 saturated carbocycles. The van der Waals surface area contributed by atoms with Crippen molar-refractivity contribution in [1.29, 1.82) is 0 Å². The predicted octanol–water partition coefficient (Wildman–Crippen LogP) is 3.20. The lowest BCUT2D eigenvalue weighted by atomic mass is 10.2. The zero-order valence-electron chi connectivity index (χ0n) is 12.9. The molecule has 1 saturated heterocycles. The van der Waals surface area contributed by atoms with Crippen LogP contribution >= 0.6 is 23.1 Å². The van der Waals surface area contributed by atoms with Crippen LogP contribution in [0.5, 0.6) is 0 Å². The number of hydrogen-bond acceptors (Lipinski definition) is 6. The molecular formula is C16H16N4O2S2. The van der Waals surface area contributed by atoms with Crippen LogP contribution in [-0.2, 0) is 4.79 Å². The minimum atomic E-state index is -0.264. The smallest absolute Gasteiger partial charge is 0.257 e. The van der Waals surface area contributed by atoms with Gasteiger partial charge in [-0.15, -0.1) is 16.8 Å². The van der Waals surface area contributed by atoms with E-state index in [1.807, 2.05) is 6.07 Å². The summed E-state index contributed by atoms with van der Waals surface area (Å²) in [6.45, 7) is 4.35. The van der Waals surface area contributed by atoms with Crippen molar-refractivity contribution in [3.05, 3.63) is 42.5 Å². The molecule has 1 fully saturated rings. The van der Waals surface area contributed by atoms with E-state index in [0.717, 1.165) is 22.2 Å². The van der Waals surface area contributed by atoms with Crippen LogP contribution in [0, 0.1) is 0 Å². The zero-order valence-corrected chi connectivity index (χ0v) is 14.5. The van der Waals surface area contributed by atoms with Gasteiger partial charge in [-0.25, -0.2) is 0 Å². The number of benzene rings is 1. The van der Waals surface area contributed by atoms with Crippen LogP contribution in [0.4, 0.5) is 10.8 Å². The second-order valence-corrected chi connectivity index (χ2v) is 7.37. The lowest BCUT2D eigenvalue weighted by molar-refractivity contribution is -0.117. The fourth-order valence-corrected chi connectivity index (χ4v) is 3.86. The van der Waals surface area contributed by atoms with Gasteiger partial charge in [0.05, 0.1) is 0 Å². The first-order valence-corrected chi connectivity index (χ1v) is 9.26. The van der Waals surface area contributed by atoms with Gasteiger partial charge < -0.3 is 4.90 Å². The summed E-state index contributed by atoms with van der Waals surface area (Å²) in [6, 6.07) is 7.07. The van der Waals surface area contributed by atoms with Crippen LogP contribution in [0.3, 0.4) is 0 Å². The van der Waals surface area contributed by atoms with E-state index in [1.54, 1.807) is 29.2 Å². The molecule has 1 aliphatic heterocycles. The van der Waals surface area contributed by atoms with Gasteiger partial charge >= 0.3 is 0 Å². The van der Waals surface area contributed by atoms with E-state index in [2.05, 4.69) is 22.1 Å². The van der Waals surface area contributed by atoms with Gasteiger partial charge in [-0.05, 0) is 24.6 Å². The monoisotopic (exact) mass is 360 g/mol. The van der Waals surface area contributed by atoms with Crippen LogP contribution in [0.15, 0.2) is 41.3 Å². The minimum absolute atomic E-state index is 0.0977. The molecule has 2 aromatic rings. The number of nitrogens with one attached hydrogen (secondary N) is 1. The van der Waals surface area contributed by atoms with Gasteiger partial charge in [0.15, 0.2) is 4.34 Å². The first kappa shape index (κ1) is 16.7. The van der Waals surface area contributed by atoms with Crippen LogP contribution in [0.1, 0.15) is 23.2 Å². The molecule has 6 nitrogen and oxygen atoms in total. The van der Waals surface area contributed by atoms with Gasteiger partial charge in [-0.3, -0.25) is 14.9 Å². The molecule has 3 rings (SSSR count). The maximum Gasteiger partial charge on any atom is 0.257 e. The summed E-state index contributed by atoms with van der Waals surface area (Å²) < 4.78 is 0.779. The van der Waals surface area contributed by atoms with E-state index in [9.17, 15) is 9.59 Å². The van der Waals surface area contributed by atoms with Crippen molar-refractivity contribution >= 4 is 45.7 Å². The first-order chi connectivity index (χ1) is 11.7. The minimum Gasteiger partial charge on any atom is -0.312 e. The fourth-order valence-electron chi connectivity index (χ4n) is 2.35. The summed E-state index contributed by atoms with van der Waals surface area (Å²) in [5, 5.41) is 11.2. The van der Waals surface area contributed by atoms with Crippen molar-refractivity contribution in [2.24, 2.45) is 0 Å². The molecule has 0 spiro atoms. The Hall–Kier alpha value is -2.19. The summed E-state index contributed by atoms with van der Waals surface area (Å²) in [7, 11) is 0. The molecule has 2 heterocycles. The van der Waals surface area contributed by atoms with Crippen LogP contribution in [0.25, 0.3) is 0 Å². The molecule has 8 heteroatoms. The number of rotatable bonds is 6. The SMILES string of the molecule is C=CCSc1nnc(NC(=O)c2cccc(N3CCCC3=O)c2)s1. The number of hydrogen-bond donors (Lipinski definition) is 1. The molecule has 0 unspecified atom stereocenters. The third-order valence-electron chi connectivity index (χ3n) is 3.45. The molecule has 1 N–H and O–H groups in total. The van der Waals surface area contributed by atoms with Crippen molar-refractivity contribution < 1.29 is 9.59 Å². The van der Waals surface area contributed by atoms with E-state index in [0.29, 0.717) is 23.7 Å². The molecule has 0 radical (unpaired) electrons. The number of nitrogens with zero attached hydrogens (tertiary/aromatic N) is 3. The predicted molar refractivity (Wildman–Crippen MR) is 96.8 cm³/mol. The number of aromatic nitrogens is 2. The van der Waals surface area contributed by atoms with E-state index >= 15 is 0 Å². The van der Waals surface area contributed by atoms with E-state index in [1.165, 1.54) is 23.1 Å². The Morgan fingerprint density at radius 3 is 3.08 bits per heavy atom. The summed E-state index contributed by atoms with van der Waals surface area (Å²) in [6.07, 6.45) is 3.20. The maximum atomic E-state index is 12.4. The Kier molecular flexibility index (Phi) is 5.27. The average molecular weight is 360 g/mol.